The molecule has 0 heterocycles. The van der Waals surface area contributed by atoms with Crippen LogP contribution in [-0.4, -0.2) is 19.3 Å². The van der Waals surface area contributed by atoms with Crippen LogP contribution in [0, 0.1) is 12.7 Å². The van der Waals surface area contributed by atoms with Gasteiger partial charge in [-0.25, -0.2) is 4.39 Å². The molecular formula is C16H26FNO. The number of ether oxygens (including phenoxy) is 1. The normalized spacial score (nSPS) is 14.4. The maximum atomic E-state index is 13.6. The van der Waals surface area contributed by atoms with Crippen LogP contribution in [0.4, 0.5) is 4.39 Å². The van der Waals surface area contributed by atoms with Crippen molar-refractivity contribution in [2.75, 3.05) is 13.2 Å². The Labute approximate surface area is 116 Å². The molecule has 0 aliphatic heterocycles. The third-order valence-electron chi connectivity index (χ3n) is 3.19. The molecule has 2 unspecified atom stereocenters. The van der Waals surface area contributed by atoms with Gasteiger partial charge in [-0.3, -0.25) is 0 Å². The minimum atomic E-state index is -0.176. The molecule has 1 aromatic rings. The van der Waals surface area contributed by atoms with Crippen molar-refractivity contribution in [1.29, 1.82) is 0 Å². The van der Waals surface area contributed by atoms with E-state index in [1.165, 1.54) is 0 Å². The van der Waals surface area contributed by atoms with Gasteiger partial charge in [-0.15, -0.1) is 0 Å². The van der Waals surface area contributed by atoms with Crippen molar-refractivity contribution in [3.8, 4) is 0 Å². The van der Waals surface area contributed by atoms with Gasteiger partial charge in [-0.2, -0.15) is 0 Å². The summed E-state index contributed by atoms with van der Waals surface area (Å²) in [6.07, 6.45) is 2.04. The van der Waals surface area contributed by atoms with E-state index >= 15 is 0 Å². The highest BCUT2D eigenvalue weighted by Gasteiger charge is 2.22. The predicted octanol–water partition coefficient (Wildman–Crippen LogP) is 3.99. The Morgan fingerprint density at radius 2 is 1.95 bits per heavy atom. The molecule has 0 aliphatic carbocycles. The van der Waals surface area contributed by atoms with Crippen molar-refractivity contribution >= 4 is 0 Å². The molecule has 1 aromatic carbocycles. The van der Waals surface area contributed by atoms with Crippen molar-refractivity contribution in [3.05, 3.63) is 35.1 Å². The molecule has 0 fully saturated rings. The Balaban J connectivity index is 2.99. The van der Waals surface area contributed by atoms with Crippen LogP contribution in [0.1, 0.15) is 50.8 Å². The molecule has 1 rings (SSSR count). The fourth-order valence-electron chi connectivity index (χ4n) is 2.37. The number of benzene rings is 1. The van der Waals surface area contributed by atoms with Gasteiger partial charge >= 0.3 is 0 Å². The summed E-state index contributed by atoms with van der Waals surface area (Å²) in [6, 6.07) is 5.27. The summed E-state index contributed by atoms with van der Waals surface area (Å²) in [6.45, 7) is 9.73. The van der Waals surface area contributed by atoms with Crippen LogP contribution in [0.5, 0.6) is 0 Å². The third-order valence-corrected chi connectivity index (χ3v) is 3.19. The lowest BCUT2D eigenvalue weighted by molar-refractivity contribution is 0.0313. The lowest BCUT2D eigenvalue weighted by atomic mass is 9.97. The summed E-state index contributed by atoms with van der Waals surface area (Å²) >= 11 is 0. The molecule has 3 heteroatoms. The van der Waals surface area contributed by atoms with Gasteiger partial charge in [0.15, 0.2) is 0 Å². The molecule has 2 nitrogen and oxygen atoms in total. The molecule has 0 saturated carbocycles. The van der Waals surface area contributed by atoms with Crippen LogP contribution >= 0.6 is 0 Å². The lowest BCUT2D eigenvalue weighted by Gasteiger charge is -2.28. The first-order valence-corrected chi connectivity index (χ1v) is 7.24. The second kappa shape index (κ2) is 8.28. The van der Waals surface area contributed by atoms with Crippen molar-refractivity contribution in [2.45, 2.75) is 52.7 Å². The molecule has 1 N–H and O–H groups in total. The maximum Gasteiger partial charge on any atom is 0.123 e. The number of aryl methyl sites for hydroxylation is 1. The molecule has 0 aromatic heterocycles. The van der Waals surface area contributed by atoms with Gasteiger partial charge in [0.2, 0.25) is 0 Å². The lowest BCUT2D eigenvalue weighted by Crippen LogP contribution is -2.34. The Hall–Kier alpha value is -0.930. The van der Waals surface area contributed by atoms with E-state index in [4.69, 9.17) is 4.74 Å². The van der Waals surface area contributed by atoms with Crippen LogP contribution in [0.25, 0.3) is 0 Å². The van der Waals surface area contributed by atoms with Gasteiger partial charge in [-0.1, -0.05) is 19.9 Å². The molecule has 0 aliphatic rings. The van der Waals surface area contributed by atoms with Crippen LogP contribution in [-0.2, 0) is 4.74 Å². The summed E-state index contributed by atoms with van der Waals surface area (Å²) in [4.78, 5) is 0. The van der Waals surface area contributed by atoms with E-state index in [-0.39, 0.29) is 18.0 Å². The summed E-state index contributed by atoms with van der Waals surface area (Å²) in [5.41, 5.74) is 1.93. The number of hydrogen-bond donors (Lipinski definition) is 1. The summed E-state index contributed by atoms with van der Waals surface area (Å²) in [5.74, 6) is -0.176. The molecule has 108 valence electrons. The van der Waals surface area contributed by atoms with Gasteiger partial charge in [0.25, 0.3) is 0 Å². The highest BCUT2D eigenvalue weighted by atomic mass is 19.1. The molecule has 0 bridgehead atoms. The number of hydrogen-bond acceptors (Lipinski definition) is 2. The van der Waals surface area contributed by atoms with Crippen molar-refractivity contribution in [1.82, 2.24) is 5.32 Å². The topological polar surface area (TPSA) is 21.3 Å². The number of halogens is 1. The Morgan fingerprint density at radius 1 is 1.21 bits per heavy atom. The predicted molar refractivity (Wildman–Crippen MR) is 77.9 cm³/mol. The minimum absolute atomic E-state index is 0.0549. The monoisotopic (exact) mass is 267 g/mol. The van der Waals surface area contributed by atoms with Crippen molar-refractivity contribution < 1.29 is 9.13 Å². The first-order valence-electron chi connectivity index (χ1n) is 7.24. The van der Waals surface area contributed by atoms with Crippen molar-refractivity contribution in [2.24, 2.45) is 0 Å². The van der Waals surface area contributed by atoms with Crippen LogP contribution in [0.15, 0.2) is 18.2 Å². The van der Waals surface area contributed by atoms with E-state index < -0.39 is 0 Å². The van der Waals surface area contributed by atoms with E-state index in [0.717, 1.165) is 30.5 Å². The second-order valence-corrected chi connectivity index (χ2v) is 4.90. The van der Waals surface area contributed by atoms with Gasteiger partial charge < -0.3 is 10.1 Å². The average Bonchev–Trinajstić information content (AvgIpc) is 2.36. The fourth-order valence-corrected chi connectivity index (χ4v) is 2.37. The quantitative estimate of drug-likeness (QED) is 0.769. The molecular weight excluding hydrogens is 241 g/mol. The molecule has 19 heavy (non-hydrogen) atoms. The molecule has 0 radical (unpaired) electrons. The standard InChI is InChI=1S/C16H26FNO/c1-5-8-18-16(15(6-2)19-7-3)13-9-12(4)10-14(17)11-13/h9-11,15-16,18H,5-8H2,1-4H3. The molecule has 0 saturated heterocycles. The number of nitrogens with one attached hydrogen (secondary N) is 1. The second-order valence-electron chi connectivity index (χ2n) is 4.90. The SMILES string of the molecule is CCCNC(c1cc(C)cc(F)c1)C(CC)OCC. The van der Waals surface area contributed by atoms with E-state index in [2.05, 4.69) is 19.2 Å². The van der Waals surface area contributed by atoms with Gasteiger partial charge in [0, 0.05) is 6.61 Å². The Bertz CT molecular complexity index is 361. The molecule has 2 atom stereocenters. The first-order chi connectivity index (χ1) is 9.12. The Kier molecular flexibility index (Phi) is 7.03. The van der Waals surface area contributed by atoms with Crippen molar-refractivity contribution in [3.63, 3.8) is 0 Å². The van der Waals surface area contributed by atoms with Gasteiger partial charge in [0.05, 0.1) is 12.1 Å². The zero-order valence-corrected chi connectivity index (χ0v) is 12.5. The highest BCUT2D eigenvalue weighted by Crippen LogP contribution is 2.24. The third kappa shape index (κ3) is 4.92. The Morgan fingerprint density at radius 3 is 2.47 bits per heavy atom. The fraction of sp³-hybridized carbons (Fsp3) is 0.625. The maximum absolute atomic E-state index is 13.6. The van der Waals surface area contributed by atoms with E-state index in [9.17, 15) is 4.39 Å². The largest absolute Gasteiger partial charge is 0.377 e. The highest BCUT2D eigenvalue weighted by molar-refractivity contribution is 5.27. The number of rotatable bonds is 8. The zero-order chi connectivity index (χ0) is 14.3. The van der Waals surface area contributed by atoms with E-state index in [1.54, 1.807) is 12.1 Å². The molecule has 0 spiro atoms. The van der Waals surface area contributed by atoms with Crippen LogP contribution in [0.2, 0.25) is 0 Å². The summed E-state index contributed by atoms with van der Waals surface area (Å²) in [7, 11) is 0. The smallest absolute Gasteiger partial charge is 0.123 e. The van der Waals surface area contributed by atoms with E-state index in [1.807, 2.05) is 19.9 Å². The van der Waals surface area contributed by atoms with Gasteiger partial charge in [-0.05, 0) is 56.5 Å². The van der Waals surface area contributed by atoms with Crippen LogP contribution < -0.4 is 5.32 Å². The van der Waals surface area contributed by atoms with Gasteiger partial charge in [0.1, 0.15) is 5.82 Å². The van der Waals surface area contributed by atoms with E-state index in [0.29, 0.717) is 6.61 Å². The first kappa shape index (κ1) is 16.1. The summed E-state index contributed by atoms with van der Waals surface area (Å²) in [5, 5.41) is 3.48. The average molecular weight is 267 g/mol. The minimum Gasteiger partial charge on any atom is -0.377 e. The molecule has 0 amide bonds. The summed E-state index contributed by atoms with van der Waals surface area (Å²) < 4.78 is 19.4. The van der Waals surface area contributed by atoms with Crippen LogP contribution in [0.3, 0.4) is 0 Å². The zero-order valence-electron chi connectivity index (χ0n) is 12.5.